The Labute approximate surface area is 140 Å². The molecule has 0 bridgehead atoms. The molecule has 0 amide bonds. The van der Waals surface area contributed by atoms with Gasteiger partial charge in [0.05, 0.1) is 4.90 Å². The van der Waals surface area contributed by atoms with Gasteiger partial charge in [-0.15, -0.1) is 0 Å². The molecule has 0 aliphatic heterocycles. The molecule has 0 fully saturated rings. The van der Waals surface area contributed by atoms with Gasteiger partial charge in [0.25, 0.3) is 15.9 Å². The molecule has 0 spiro atoms. The van der Waals surface area contributed by atoms with Crippen molar-refractivity contribution in [3.63, 3.8) is 0 Å². The van der Waals surface area contributed by atoms with Crippen LogP contribution in [0.25, 0.3) is 11.5 Å². The molecule has 1 heterocycles. The first kappa shape index (κ1) is 16.2. The average molecular weight is 343 g/mol. The van der Waals surface area contributed by atoms with Crippen LogP contribution < -0.4 is 4.72 Å². The largest absolute Gasteiger partial charge is 0.334 e. The third-order valence-electron chi connectivity index (χ3n) is 3.53. The molecule has 7 heteroatoms. The van der Waals surface area contributed by atoms with Crippen molar-refractivity contribution in [1.82, 2.24) is 10.1 Å². The van der Waals surface area contributed by atoms with E-state index < -0.39 is 10.0 Å². The zero-order valence-electron chi connectivity index (χ0n) is 13.4. The minimum atomic E-state index is -3.65. The maximum atomic E-state index is 12.5. The fourth-order valence-electron chi connectivity index (χ4n) is 2.25. The number of anilines is 1. The van der Waals surface area contributed by atoms with E-state index in [9.17, 15) is 8.42 Å². The minimum Gasteiger partial charge on any atom is -0.334 e. The van der Waals surface area contributed by atoms with E-state index in [2.05, 4.69) is 14.9 Å². The van der Waals surface area contributed by atoms with Crippen LogP contribution in [0.3, 0.4) is 0 Å². The van der Waals surface area contributed by atoms with Gasteiger partial charge in [-0.1, -0.05) is 30.3 Å². The van der Waals surface area contributed by atoms with Gasteiger partial charge in [-0.3, -0.25) is 4.72 Å². The average Bonchev–Trinajstić information content (AvgIpc) is 3.01. The minimum absolute atomic E-state index is 0.221. The Hall–Kier alpha value is -2.67. The second-order valence-corrected chi connectivity index (χ2v) is 7.01. The van der Waals surface area contributed by atoms with Crippen molar-refractivity contribution in [3.05, 3.63) is 59.9 Å². The summed E-state index contributed by atoms with van der Waals surface area (Å²) in [6, 6.07) is 13.7. The summed E-state index contributed by atoms with van der Waals surface area (Å²) in [4.78, 5) is 4.36. The highest BCUT2D eigenvalue weighted by molar-refractivity contribution is 7.92. The molecular formula is C17H17N3O3S. The Kier molecular flexibility index (Phi) is 4.35. The lowest BCUT2D eigenvalue weighted by Gasteiger charge is -2.09. The second-order valence-electron chi connectivity index (χ2n) is 5.33. The summed E-state index contributed by atoms with van der Waals surface area (Å²) in [5.41, 5.74) is 2.17. The highest BCUT2D eigenvalue weighted by Crippen LogP contribution is 2.23. The van der Waals surface area contributed by atoms with E-state index in [1.807, 2.05) is 19.1 Å². The second kappa shape index (κ2) is 6.45. The molecule has 3 aromatic rings. The third kappa shape index (κ3) is 3.46. The quantitative estimate of drug-likeness (QED) is 0.767. The van der Waals surface area contributed by atoms with Gasteiger partial charge in [0.2, 0.25) is 0 Å². The van der Waals surface area contributed by atoms with Gasteiger partial charge in [0, 0.05) is 11.3 Å². The summed E-state index contributed by atoms with van der Waals surface area (Å²) < 4.78 is 32.7. The van der Waals surface area contributed by atoms with Crippen molar-refractivity contribution >= 4 is 15.7 Å². The van der Waals surface area contributed by atoms with Gasteiger partial charge >= 0.3 is 0 Å². The molecule has 2 aromatic carbocycles. The molecule has 0 saturated heterocycles. The number of nitrogens with zero attached hydrogens (tertiary/aromatic N) is 2. The fraction of sp³-hybridized carbons (Fsp3) is 0.176. The van der Waals surface area contributed by atoms with Gasteiger partial charge in [-0.05, 0) is 49.2 Å². The standard InChI is InChI=1S/C17H17N3O3S/c1-3-13-7-9-16(10-8-13)24(21,22)20-15-6-4-5-14(11-15)17-18-12(2)19-23-17/h4-11,20H,3H2,1-2H3. The number of rotatable bonds is 5. The van der Waals surface area contributed by atoms with Crippen molar-refractivity contribution in [2.75, 3.05) is 4.72 Å². The van der Waals surface area contributed by atoms with Crippen LogP contribution in [0, 0.1) is 6.92 Å². The van der Waals surface area contributed by atoms with Crippen LogP contribution in [0.4, 0.5) is 5.69 Å². The number of sulfonamides is 1. The monoisotopic (exact) mass is 343 g/mol. The van der Waals surface area contributed by atoms with Gasteiger partial charge < -0.3 is 4.52 Å². The predicted molar refractivity (Wildman–Crippen MR) is 91.1 cm³/mol. The molecule has 0 radical (unpaired) electrons. The maximum Gasteiger partial charge on any atom is 0.261 e. The van der Waals surface area contributed by atoms with Crippen LogP contribution in [-0.4, -0.2) is 18.6 Å². The predicted octanol–water partition coefficient (Wildman–Crippen LogP) is 3.41. The summed E-state index contributed by atoms with van der Waals surface area (Å²) in [6.45, 7) is 3.74. The van der Waals surface area contributed by atoms with E-state index in [1.54, 1.807) is 43.3 Å². The molecule has 0 unspecified atom stereocenters. The highest BCUT2D eigenvalue weighted by Gasteiger charge is 2.15. The topological polar surface area (TPSA) is 85.1 Å². The first-order valence-corrected chi connectivity index (χ1v) is 8.99. The van der Waals surface area contributed by atoms with Crippen molar-refractivity contribution in [2.24, 2.45) is 0 Å². The Morgan fingerprint density at radius 3 is 2.50 bits per heavy atom. The third-order valence-corrected chi connectivity index (χ3v) is 4.93. The highest BCUT2D eigenvalue weighted by atomic mass is 32.2. The van der Waals surface area contributed by atoms with Crippen LogP contribution in [0.15, 0.2) is 57.9 Å². The number of hydrogen-bond acceptors (Lipinski definition) is 5. The Morgan fingerprint density at radius 1 is 1.12 bits per heavy atom. The SMILES string of the molecule is CCc1ccc(S(=O)(=O)Nc2cccc(-c3nc(C)no3)c2)cc1. The van der Waals surface area contributed by atoms with E-state index in [0.717, 1.165) is 12.0 Å². The molecule has 6 nitrogen and oxygen atoms in total. The van der Waals surface area contributed by atoms with E-state index in [-0.39, 0.29) is 4.90 Å². The Morgan fingerprint density at radius 2 is 1.88 bits per heavy atom. The molecule has 24 heavy (non-hydrogen) atoms. The van der Waals surface area contributed by atoms with E-state index in [4.69, 9.17) is 4.52 Å². The van der Waals surface area contributed by atoms with Crippen molar-refractivity contribution < 1.29 is 12.9 Å². The molecule has 0 aliphatic carbocycles. The molecule has 1 N–H and O–H groups in total. The number of hydrogen-bond donors (Lipinski definition) is 1. The first-order chi connectivity index (χ1) is 11.5. The Balaban J connectivity index is 1.87. The van der Waals surface area contributed by atoms with Crippen molar-refractivity contribution in [2.45, 2.75) is 25.2 Å². The van der Waals surface area contributed by atoms with E-state index >= 15 is 0 Å². The smallest absolute Gasteiger partial charge is 0.261 e. The van der Waals surface area contributed by atoms with Crippen molar-refractivity contribution in [3.8, 4) is 11.5 Å². The summed E-state index contributed by atoms with van der Waals surface area (Å²) in [5.74, 6) is 0.868. The summed E-state index contributed by atoms with van der Waals surface area (Å²) >= 11 is 0. The number of nitrogens with one attached hydrogen (secondary N) is 1. The van der Waals surface area contributed by atoms with Crippen LogP contribution in [0.5, 0.6) is 0 Å². The van der Waals surface area contributed by atoms with Crippen LogP contribution in [-0.2, 0) is 16.4 Å². The fourth-order valence-corrected chi connectivity index (χ4v) is 3.30. The number of aromatic nitrogens is 2. The number of aryl methyl sites for hydroxylation is 2. The first-order valence-electron chi connectivity index (χ1n) is 7.50. The summed E-state index contributed by atoms with van der Waals surface area (Å²) in [6.07, 6.45) is 0.861. The maximum absolute atomic E-state index is 12.5. The molecule has 1 aromatic heterocycles. The molecule has 124 valence electrons. The lowest BCUT2D eigenvalue weighted by molar-refractivity contribution is 0.425. The molecule has 0 atom stereocenters. The van der Waals surface area contributed by atoms with Crippen molar-refractivity contribution in [1.29, 1.82) is 0 Å². The zero-order valence-corrected chi connectivity index (χ0v) is 14.2. The lowest BCUT2D eigenvalue weighted by atomic mass is 10.2. The summed E-state index contributed by atoms with van der Waals surface area (Å²) in [5, 5.41) is 3.74. The van der Waals surface area contributed by atoms with E-state index in [0.29, 0.717) is 23.0 Å². The normalized spacial score (nSPS) is 11.4. The molecule has 0 saturated carbocycles. The molecule has 3 rings (SSSR count). The Bertz CT molecular complexity index is 947. The molecular weight excluding hydrogens is 326 g/mol. The van der Waals surface area contributed by atoms with Crippen LogP contribution in [0.1, 0.15) is 18.3 Å². The van der Waals surface area contributed by atoms with Gasteiger partial charge in [-0.2, -0.15) is 4.98 Å². The zero-order chi connectivity index (χ0) is 17.2. The van der Waals surface area contributed by atoms with Gasteiger partial charge in [0.15, 0.2) is 5.82 Å². The van der Waals surface area contributed by atoms with Crippen LogP contribution >= 0.6 is 0 Å². The van der Waals surface area contributed by atoms with Crippen LogP contribution in [0.2, 0.25) is 0 Å². The number of benzene rings is 2. The molecule has 0 aliphatic rings. The summed E-state index contributed by atoms with van der Waals surface area (Å²) in [7, 11) is -3.65. The van der Waals surface area contributed by atoms with E-state index in [1.165, 1.54) is 0 Å². The van der Waals surface area contributed by atoms with Gasteiger partial charge in [-0.25, -0.2) is 8.42 Å². The van der Waals surface area contributed by atoms with Gasteiger partial charge in [0.1, 0.15) is 0 Å². The lowest BCUT2D eigenvalue weighted by Crippen LogP contribution is -2.12.